The molecule has 2 N–H and O–H groups in total. The molecule has 0 saturated carbocycles. The lowest BCUT2D eigenvalue weighted by molar-refractivity contribution is 0.0787. The number of benzene rings is 1. The number of unbranched alkanes of at least 4 members (excludes halogenated alkanes) is 1. The summed E-state index contributed by atoms with van der Waals surface area (Å²) < 4.78 is 26.8. The number of anilines is 1. The number of aromatic nitrogens is 1. The number of hydrogen-bond acceptors (Lipinski definition) is 3. The van der Waals surface area contributed by atoms with E-state index in [4.69, 9.17) is 0 Å². The molecule has 2 heterocycles. The molecule has 1 aromatic carbocycles. The van der Waals surface area contributed by atoms with Gasteiger partial charge in [-0.1, -0.05) is 13.3 Å². The van der Waals surface area contributed by atoms with Crippen molar-refractivity contribution in [1.82, 2.24) is 9.88 Å². The monoisotopic (exact) mass is 363 g/mol. The Morgan fingerprint density at radius 3 is 2.68 bits per heavy atom. The quantitative estimate of drug-likeness (QED) is 0.826. The molecular formula is C18H25N3O3S. The number of aryl methyl sites for hydroxylation is 1. The Morgan fingerprint density at radius 2 is 2.00 bits per heavy atom. The van der Waals surface area contributed by atoms with Crippen LogP contribution in [0, 0.1) is 6.92 Å². The van der Waals surface area contributed by atoms with Crippen LogP contribution in [0.15, 0.2) is 18.2 Å². The van der Waals surface area contributed by atoms with Crippen LogP contribution in [-0.4, -0.2) is 43.1 Å². The van der Waals surface area contributed by atoms with Gasteiger partial charge in [0.2, 0.25) is 10.0 Å². The summed E-state index contributed by atoms with van der Waals surface area (Å²) >= 11 is 0. The van der Waals surface area contributed by atoms with Crippen LogP contribution in [0.2, 0.25) is 0 Å². The van der Waals surface area contributed by atoms with Gasteiger partial charge >= 0.3 is 0 Å². The predicted octanol–water partition coefficient (Wildman–Crippen LogP) is 3.25. The number of fused-ring (bicyclic) bond motifs is 1. The average molecular weight is 363 g/mol. The third kappa shape index (κ3) is 3.81. The van der Waals surface area contributed by atoms with E-state index in [2.05, 4.69) is 9.71 Å². The Labute approximate surface area is 148 Å². The van der Waals surface area contributed by atoms with Crippen molar-refractivity contribution in [3.05, 3.63) is 29.5 Å². The molecule has 6 nitrogen and oxygen atoms in total. The summed E-state index contributed by atoms with van der Waals surface area (Å²) in [5.41, 5.74) is 2.84. The molecule has 2 aromatic rings. The van der Waals surface area contributed by atoms with E-state index in [1.807, 2.05) is 24.8 Å². The van der Waals surface area contributed by atoms with Gasteiger partial charge in [0, 0.05) is 29.7 Å². The van der Waals surface area contributed by atoms with Gasteiger partial charge in [0.05, 0.1) is 5.75 Å². The number of likely N-dealkylation sites (tertiary alicyclic amines) is 1. The standard InChI is InChI=1S/C18H25N3O3S/c1-3-4-11-25(23,24)20-14-7-8-16-15(12-14)13(2)17(19-16)18(22)21-9-5-6-10-21/h7-8,12,19-20H,3-6,9-11H2,1-2H3. The number of nitrogens with zero attached hydrogens (tertiary/aromatic N) is 1. The molecule has 1 aromatic heterocycles. The summed E-state index contributed by atoms with van der Waals surface area (Å²) in [6.45, 7) is 5.47. The number of hydrogen-bond donors (Lipinski definition) is 2. The number of H-pyrrole nitrogens is 1. The lowest BCUT2D eigenvalue weighted by Gasteiger charge is -2.14. The highest BCUT2D eigenvalue weighted by atomic mass is 32.2. The number of carbonyl (C=O) groups is 1. The normalized spacial score (nSPS) is 15.0. The number of nitrogens with one attached hydrogen (secondary N) is 2. The number of carbonyl (C=O) groups excluding carboxylic acids is 1. The maximum atomic E-state index is 12.7. The lowest BCUT2D eigenvalue weighted by atomic mass is 10.1. The van der Waals surface area contributed by atoms with Gasteiger partial charge in [-0.3, -0.25) is 9.52 Å². The first-order valence-corrected chi connectivity index (χ1v) is 10.5. The van der Waals surface area contributed by atoms with Gasteiger partial charge in [-0.25, -0.2) is 8.42 Å². The first-order valence-electron chi connectivity index (χ1n) is 8.83. The van der Waals surface area contributed by atoms with E-state index in [0.29, 0.717) is 17.8 Å². The second kappa shape index (κ2) is 7.07. The zero-order chi connectivity index (χ0) is 18.0. The minimum atomic E-state index is -3.34. The topological polar surface area (TPSA) is 82.3 Å². The largest absolute Gasteiger partial charge is 0.350 e. The second-order valence-corrected chi connectivity index (χ2v) is 8.50. The van der Waals surface area contributed by atoms with Crippen LogP contribution in [0.1, 0.15) is 48.7 Å². The fourth-order valence-corrected chi connectivity index (χ4v) is 4.50. The second-order valence-electron chi connectivity index (χ2n) is 6.66. The lowest BCUT2D eigenvalue weighted by Crippen LogP contribution is -2.28. The highest BCUT2D eigenvalue weighted by Gasteiger charge is 2.23. The molecule has 0 atom stereocenters. The number of amides is 1. The van der Waals surface area contributed by atoms with Crippen molar-refractivity contribution in [3.8, 4) is 0 Å². The molecular weight excluding hydrogens is 338 g/mol. The van der Waals surface area contributed by atoms with Crippen LogP contribution in [0.25, 0.3) is 10.9 Å². The summed E-state index contributed by atoms with van der Waals surface area (Å²) in [4.78, 5) is 17.7. The van der Waals surface area contributed by atoms with E-state index in [9.17, 15) is 13.2 Å². The molecule has 1 fully saturated rings. The Hall–Kier alpha value is -2.02. The third-order valence-corrected chi connectivity index (χ3v) is 6.08. The van der Waals surface area contributed by atoms with Gasteiger partial charge < -0.3 is 9.88 Å². The minimum Gasteiger partial charge on any atom is -0.350 e. The highest BCUT2D eigenvalue weighted by Crippen LogP contribution is 2.27. The van der Waals surface area contributed by atoms with Crippen molar-refractivity contribution in [2.45, 2.75) is 39.5 Å². The SMILES string of the molecule is CCCCS(=O)(=O)Nc1ccc2[nH]c(C(=O)N3CCCC3)c(C)c2c1. The minimum absolute atomic E-state index is 0.0243. The van der Waals surface area contributed by atoms with Crippen LogP contribution >= 0.6 is 0 Å². The maximum Gasteiger partial charge on any atom is 0.270 e. The van der Waals surface area contributed by atoms with E-state index in [-0.39, 0.29) is 11.7 Å². The average Bonchev–Trinajstić information content (AvgIpc) is 3.21. The molecule has 0 radical (unpaired) electrons. The first-order chi connectivity index (χ1) is 11.9. The van der Waals surface area contributed by atoms with Gasteiger partial charge in [0.15, 0.2) is 0 Å². The highest BCUT2D eigenvalue weighted by molar-refractivity contribution is 7.92. The Kier molecular flexibility index (Phi) is 5.03. The van der Waals surface area contributed by atoms with E-state index in [0.717, 1.165) is 48.8 Å². The van der Waals surface area contributed by atoms with Gasteiger partial charge in [-0.05, 0) is 49.9 Å². The molecule has 136 valence electrons. The van der Waals surface area contributed by atoms with Crippen molar-refractivity contribution in [2.75, 3.05) is 23.6 Å². The van der Waals surface area contributed by atoms with Gasteiger partial charge in [0.1, 0.15) is 5.69 Å². The van der Waals surface area contributed by atoms with Crippen LogP contribution in [-0.2, 0) is 10.0 Å². The van der Waals surface area contributed by atoms with E-state index < -0.39 is 10.0 Å². The molecule has 1 aliphatic heterocycles. The van der Waals surface area contributed by atoms with Gasteiger partial charge in [-0.15, -0.1) is 0 Å². The van der Waals surface area contributed by atoms with Gasteiger partial charge in [-0.2, -0.15) is 0 Å². The summed E-state index contributed by atoms with van der Waals surface area (Å²) in [5, 5.41) is 0.873. The zero-order valence-electron chi connectivity index (χ0n) is 14.8. The molecule has 3 rings (SSSR count). The van der Waals surface area contributed by atoms with Crippen LogP contribution < -0.4 is 4.72 Å². The summed E-state index contributed by atoms with van der Waals surface area (Å²) in [6, 6.07) is 5.35. The summed E-state index contributed by atoms with van der Waals surface area (Å²) in [5.74, 6) is 0.142. The van der Waals surface area contributed by atoms with Crippen molar-refractivity contribution in [1.29, 1.82) is 0 Å². The molecule has 1 aliphatic rings. The zero-order valence-corrected chi connectivity index (χ0v) is 15.6. The predicted molar refractivity (Wildman–Crippen MR) is 100 cm³/mol. The van der Waals surface area contributed by atoms with Crippen LogP contribution in [0.5, 0.6) is 0 Å². The molecule has 0 spiro atoms. The Morgan fingerprint density at radius 1 is 1.28 bits per heavy atom. The Balaban J connectivity index is 1.88. The smallest absolute Gasteiger partial charge is 0.270 e. The van der Waals surface area contributed by atoms with Gasteiger partial charge in [0.25, 0.3) is 5.91 Å². The molecule has 7 heteroatoms. The summed E-state index contributed by atoms with van der Waals surface area (Å²) in [6.07, 6.45) is 3.57. The van der Waals surface area contributed by atoms with Crippen molar-refractivity contribution in [2.24, 2.45) is 0 Å². The fraction of sp³-hybridized carbons (Fsp3) is 0.500. The van der Waals surface area contributed by atoms with Crippen LogP contribution in [0.4, 0.5) is 5.69 Å². The molecule has 25 heavy (non-hydrogen) atoms. The van der Waals surface area contributed by atoms with E-state index in [1.54, 1.807) is 12.1 Å². The molecule has 0 unspecified atom stereocenters. The van der Waals surface area contributed by atoms with Crippen molar-refractivity contribution < 1.29 is 13.2 Å². The van der Waals surface area contributed by atoms with Crippen molar-refractivity contribution in [3.63, 3.8) is 0 Å². The van der Waals surface area contributed by atoms with Crippen molar-refractivity contribution >= 4 is 32.5 Å². The molecule has 0 aliphatic carbocycles. The van der Waals surface area contributed by atoms with Crippen LogP contribution in [0.3, 0.4) is 0 Å². The Bertz CT molecular complexity index is 880. The summed E-state index contributed by atoms with van der Waals surface area (Å²) in [7, 11) is -3.34. The molecule has 1 saturated heterocycles. The number of aromatic amines is 1. The van der Waals surface area contributed by atoms with E-state index in [1.165, 1.54) is 0 Å². The fourth-order valence-electron chi connectivity index (χ4n) is 3.25. The third-order valence-electron chi connectivity index (χ3n) is 4.71. The number of rotatable bonds is 6. The van der Waals surface area contributed by atoms with E-state index >= 15 is 0 Å². The number of sulfonamides is 1. The molecule has 1 amide bonds. The maximum absolute atomic E-state index is 12.7. The molecule has 0 bridgehead atoms. The first kappa shape index (κ1) is 17.8.